The number of anilines is 3. The molecule has 0 saturated carbocycles. The minimum Gasteiger partial charge on any atom is -0.352 e. The number of hydrogen-bond donors (Lipinski definition) is 2. The van der Waals surface area contributed by atoms with Crippen molar-refractivity contribution < 1.29 is 0 Å². The van der Waals surface area contributed by atoms with Gasteiger partial charge >= 0.3 is 0 Å². The summed E-state index contributed by atoms with van der Waals surface area (Å²) in [4.78, 5) is 7.20. The lowest BCUT2D eigenvalue weighted by atomic mass is 10.0. The van der Waals surface area contributed by atoms with Crippen molar-refractivity contribution in [2.75, 3.05) is 4.90 Å². The van der Waals surface area contributed by atoms with Crippen LogP contribution < -0.4 is 10.2 Å². The fourth-order valence-electron chi connectivity index (χ4n) is 8.13. The molecule has 10 rings (SSSR count). The lowest BCUT2D eigenvalue weighted by molar-refractivity contribution is 0.710. The van der Waals surface area contributed by atoms with Crippen molar-refractivity contribution in [3.8, 4) is 22.3 Å². The predicted molar refractivity (Wildman–Crippen MR) is 252 cm³/mol. The number of para-hydroxylation sites is 1. The molecule has 0 aliphatic heterocycles. The molecule has 286 valence electrons. The molecule has 0 aliphatic carbocycles. The van der Waals surface area contributed by atoms with Crippen LogP contribution in [0.5, 0.6) is 0 Å². The van der Waals surface area contributed by atoms with Crippen LogP contribution in [0, 0.1) is 5.41 Å². The number of aromatic nitrogens is 1. The van der Waals surface area contributed by atoms with Crippen molar-refractivity contribution in [2.24, 2.45) is 4.99 Å². The number of aliphatic imine (C=N–C) groups is 1. The first-order chi connectivity index (χ1) is 29.7. The van der Waals surface area contributed by atoms with Crippen LogP contribution in [0.2, 0.25) is 0 Å². The van der Waals surface area contributed by atoms with E-state index in [0.717, 1.165) is 55.7 Å². The van der Waals surface area contributed by atoms with E-state index in [4.69, 9.17) is 10.4 Å². The molecule has 5 nitrogen and oxygen atoms in total. The first kappa shape index (κ1) is 36.3. The van der Waals surface area contributed by atoms with Crippen LogP contribution in [0.1, 0.15) is 11.1 Å². The van der Waals surface area contributed by atoms with Crippen molar-refractivity contribution in [3.63, 3.8) is 0 Å². The van der Waals surface area contributed by atoms with Gasteiger partial charge in [0, 0.05) is 39.0 Å². The molecule has 0 saturated heterocycles. The standard InChI is InChI=1S/C55H41N5/c56-54(42-18-7-2-8-19-42)58-55(43-20-9-3-10-21-43)57-38-59-52-36-46(39-15-5-1-6-16-39)29-33-50(52)51-34-32-49(37-53(51)59)60(47-23-11-4-12-24-47)48-30-27-41(28-31-48)45-26-25-40-17-13-14-22-44(40)35-45/h1-37H,38H2,(H2,56,57,58). The third-order valence-electron chi connectivity index (χ3n) is 11.2. The van der Waals surface area contributed by atoms with E-state index >= 15 is 0 Å². The van der Waals surface area contributed by atoms with E-state index in [-0.39, 0.29) is 5.84 Å². The summed E-state index contributed by atoms with van der Waals surface area (Å²) < 4.78 is 2.34. The van der Waals surface area contributed by atoms with E-state index in [1.54, 1.807) is 0 Å². The third-order valence-corrected chi connectivity index (χ3v) is 11.2. The molecule has 0 bridgehead atoms. The number of fused-ring (bicyclic) bond motifs is 4. The summed E-state index contributed by atoms with van der Waals surface area (Å²) >= 11 is 0. The van der Waals surface area contributed by atoms with Crippen molar-refractivity contribution in [3.05, 3.63) is 236 Å². The molecule has 9 aromatic carbocycles. The fraction of sp³-hybridized carbons (Fsp3) is 0.0182. The molecule has 0 unspecified atom stereocenters. The van der Waals surface area contributed by atoms with Crippen LogP contribution >= 0.6 is 0 Å². The zero-order valence-electron chi connectivity index (χ0n) is 32.9. The normalized spacial score (nSPS) is 11.6. The first-order valence-corrected chi connectivity index (χ1v) is 20.2. The van der Waals surface area contributed by atoms with Gasteiger partial charge in [0.15, 0.2) is 5.84 Å². The second kappa shape index (κ2) is 16.1. The van der Waals surface area contributed by atoms with Crippen molar-refractivity contribution in [1.82, 2.24) is 9.88 Å². The maximum atomic E-state index is 8.94. The maximum absolute atomic E-state index is 8.94. The van der Waals surface area contributed by atoms with Crippen molar-refractivity contribution >= 4 is 61.3 Å². The number of rotatable bonds is 9. The third kappa shape index (κ3) is 7.21. The molecule has 10 aromatic rings. The molecule has 0 atom stereocenters. The molecule has 1 heterocycles. The van der Waals surface area contributed by atoms with Gasteiger partial charge in [-0.1, -0.05) is 176 Å². The lowest BCUT2D eigenvalue weighted by Gasteiger charge is -2.26. The van der Waals surface area contributed by atoms with E-state index in [9.17, 15) is 0 Å². The van der Waals surface area contributed by atoms with E-state index in [1.807, 2.05) is 60.7 Å². The molecule has 5 heteroatoms. The lowest BCUT2D eigenvalue weighted by Crippen LogP contribution is -2.28. The predicted octanol–water partition coefficient (Wildman–Crippen LogP) is 13.8. The summed E-state index contributed by atoms with van der Waals surface area (Å²) in [6.45, 7) is 0.420. The zero-order valence-corrected chi connectivity index (χ0v) is 32.9. The Kier molecular flexibility index (Phi) is 9.74. The van der Waals surface area contributed by atoms with Gasteiger partial charge in [0.25, 0.3) is 0 Å². The maximum Gasteiger partial charge on any atom is 0.154 e. The second-order valence-corrected chi connectivity index (χ2v) is 14.9. The summed E-state index contributed by atoms with van der Waals surface area (Å²) in [6.07, 6.45) is 0. The van der Waals surface area contributed by atoms with Crippen LogP contribution in [0.25, 0.3) is 54.8 Å². The van der Waals surface area contributed by atoms with Crippen molar-refractivity contribution in [1.29, 1.82) is 5.41 Å². The van der Waals surface area contributed by atoms with Crippen molar-refractivity contribution in [2.45, 2.75) is 6.67 Å². The summed E-state index contributed by atoms with van der Waals surface area (Å²) in [7, 11) is 0. The molecular weight excluding hydrogens is 731 g/mol. The highest BCUT2D eigenvalue weighted by Crippen LogP contribution is 2.40. The minimum absolute atomic E-state index is 0.197. The summed E-state index contributed by atoms with van der Waals surface area (Å²) in [6, 6.07) is 78.4. The number of amidine groups is 2. The Labute approximate surface area is 349 Å². The van der Waals surface area contributed by atoms with Gasteiger partial charge in [-0.15, -0.1) is 0 Å². The van der Waals surface area contributed by atoms with Crippen LogP contribution in [-0.4, -0.2) is 16.2 Å². The average molecular weight is 772 g/mol. The first-order valence-electron chi connectivity index (χ1n) is 20.2. The highest BCUT2D eigenvalue weighted by atomic mass is 15.2. The van der Waals surface area contributed by atoms with E-state index < -0.39 is 0 Å². The molecule has 0 fully saturated rings. The summed E-state index contributed by atoms with van der Waals surface area (Å²) in [5.74, 6) is 0.829. The quantitative estimate of drug-likeness (QED) is 0.113. The number of nitrogens with one attached hydrogen (secondary N) is 2. The van der Waals surface area contributed by atoms with E-state index in [1.165, 1.54) is 27.3 Å². The van der Waals surface area contributed by atoms with Crippen LogP contribution in [0.3, 0.4) is 0 Å². The van der Waals surface area contributed by atoms with E-state index in [0.29, 0.717) is 12.5 Å². The average Bonchev–Trinajstić information content (AvgIpc) is 3.63. The van der Waals surface area contributed by atoms with Crippen LogP contribution in [-0.2, 0) is 6.67 Å². The molecule has 0 radical (unpaired) electrons. The molecule has 2 N–H and O–H groups in total. The van der Waals surface area contributed by atoms with Crippen LogP contribution in [0.4, 0.5) is 17.1 Å². The Balaban J connectivity index is 1.09. The highest BCUT2D eigenvalue weighted by Gasteiger charge is 2.18. The summed E-state index contributed by atoms with van der Waals surface area (Å²) in [5, 5.41) is 17.4. The topological polar surface area (TPSA) is 56.4 Å². The highest BCUT2D eigenvalue weighted by molar-refractivity contribution is 6.12. The Morgan fingerprint density at radius 1 is 0.433 bits per heavy atom. The SMILES string of the molecule is N=C(N=C(NCn1c2cc(-c3ccccc3)ccc2c2ccc(N(c3ccccc3)c3ccc(-c4ccc5ccccc5c4)cc3)cc21)c1ccccc1)c1ccccc1. The van der Waals surface area contributed by atoms with Gasteiger partial charge in [-0.25, -0.2) is 4.99 Å². The molecule has 0 aliphatic rings. The van der Waals surface area contributed by atoms with Gasteiger partial charge in [-0.3, -0.25) is 5.41 Å². The Morgan fingerprint density at radius 3 is 1.65 bits per heavy atom. The summed E-state index contributed by atoms with van der Waals surface area (Å²) in [5.41, 5.74) is 11.7. The van der Waals surface area contributed by atoms with Gasteiger partial charge in [-0.2, -0.15) is 0 Å². The monoisotopic (exact) mass is 771 g/mol. The smallest absolute Gasteiger partial charge is 0.154 e. The van der Waals surface area contributed by atoms with E-state index in [2.05, 4.69) is 179 Å². The van der Waals surface area contributed by atoms with Gasteiger partial charge in [0.2, 0.25) is 0 Å². The number of hydrogen-bond acceptors (Lipinski definition) is 2. The fourth-order valence-corrected chi connectivity index (χ4v) is 8.13. The molecule has 0 spiro atoms. The Hall–Kier alpha value is -8.02. The van der Waals surface area contributed by atoms with Crippen LogP contribution in [0.15, 0.2) is 229 Å². The number of nitrogens with zero attached hydrogens (tertiary/aromatic N) is 3. The van der Waals surface area contributed by atoms with Gasteiger partial charge < -0.3 is 14.8 Å². The zero-order chi connectivity index (χ0) is 40.3. The largest absolute Gasteiger partial charge is 0.352 e. The Bertz CT molecular complexity index is 3140. The minimum atomic E-state index is 0.197. The molecule has 60 heavy (non-hydrogen) atoms. The van der Waals surface area contributed by atoms with Gasteiger partial charge in [0.05, 0.1) is 17.7 Å². The van der Waals surface area contributed by atoms with Gasteiger partial charge in [-0.05, 0) is 81.6 Å². The molecule has 0 amide bonds. The molecular formula is C55H41N5. The molecule has 1 aromatic heterocycles. The Morgan fingerprint density at radius 2 is 0.933 bits per heavy atom. The second-order valence-electron chi connectivity index (χ2n) is 14.9. The van der Waals surface area contributed by atoms with Gasteiger partial charge in [0.1, 0.15) is 5.84 Å². The number of benzene rings is 9.